The van der Waals surface area contributed by atoms with Gasteiger partial charge in [-0.05, 0) is 25.0 Å². The molecular weight excluding hydrogens is 310 g/mol. The second-order valence-electron chi connectivity index (χ2n) is 5.00. The number of ether oxygens (including phenoxy) is 1. The number of pyridine rings is 1. The molecule has 22 heavy (non-hydrogen) atoms. The highest BCUT2D eigenvalue weighted by Gasteiger charge is 2.27. The van der Waals surface area contributed by atoms with Crippen molar-refractivity contribution in [2.75, 3.05) is 19.7 Å². The van der Waals surface area contributed by atoms with E-state index < -0.39 is 18.5 Å². The first-order valence-corrected chi connectivity index (χ1v) is 7.21. The number of hydrogen-bond donors (Lipinski definition) is 1. The van der Waals surface area contributed by atoms with Crippen LogP contribution in [0.15, 0.2) is 18.3 Å². The zero-order valence-electron chi connectivity index (χ0n) is 11.8. The van der Waals surface area contributed by atoms with Crippen molar-refractivity contribution in [2.24, 2.45) is 11.7 Å². The van der Waals surface area contributed by atoms with E-state index in [0.29, 0.717) is 19.4 Å². The van der Waals surface area contributed by atoms with Crippen molar-refractivity contribution in [1.82, 2.24) is 9.88 Å². The average molecular weight is 326 g/mol. The van der Waals surface area contributed by atoms with Crippen LogP contribution in [0.25, 0.3) is 0 Å². The monoisotopic (exact) mass is 325 g/mol. The van der Waals surface area contributed by atoms with Crippen molar-refractivity contribution in [1.29, 1.82) is 0 Å². The number of rotatable bonds is 4. The lowest BCUT2D eigenvalue weighted by Crippen LogP contribution is -2.45. The third-order valence-corrected chi connectivity index (χ3v) is 3.78. The van der Waals surface area contributed by atoms with Gasteiger partial charge in [0.2, 0.25) is 5.91 Å². The highest BCUT2D eigenvalue weighted by Crippen LogP contribution is 2.17. The van der Waals surface area contributed by atoms with E-state index in [1.165, 1.54) is 17.2 Å². The zero-order chi connectivity index (χ0) is 16.1. The Labute approximate surface area is 132 Å². The van der Waals surface area contributed by atoms with Gasteiger partial charge < -0.3 is 15.4 Å². The number of likely N-dealkylation sites (tertiary alicyclic amines) is 1. The molecule has 2 heterocycles. The number of amides is 2. The van der Waals surface area contributed by atoms with Crippen LogP contribution in [0, 0.1) is 5.92 Å². The summed E-state index contributed by atoms with van der Waals surface area (Å²) in [5.74, 6) is -1.84. The number of nitrogens with zero attached hydrogens (tertiary/aromatic N) is 2. The smallest absolute Gasteiger partial charge is 0.341 e. The first-order valence-electron chi connectivity index (χ1n) is 6.83. The summed E-state index contributed by atoms with van der Waals surface area (Å²) in [6.07, 6.45) is 2.81. The Kier molecular flexibility index (Phi) is 5.32. The molecule has 0 radical (unpaired) electrons. The summed E-state index contributed by atoms with van der Waals surface area (Å²) < 4.78 is 4.95. The zero-order valence-corrected chi connectivity index (χ0v) is 12.6. The normalized spacial score (nSPS) is 17.9. The molecule has 8 heteroatoms. The fourth-order valence-electron chi connectivity index (χ4n) is 2.27. The second-order valence-corrected chi connectivity index (χ2v) is 5.36. The molecule has 0 bridgehead atoms. The highest BCUT2D eigenvalue weighted by atomic mass is 35.5. The number of carbonyl (C=O) groups excluding carboxylic acids is 3. The fraction of sp³-hybridized carbons (Fsp3) is 0.429. The predicted molar refractivity (Wildman–Crippen MR) is 78.0 cm³/mol. The lowest BCUT2D eigenvalue weighted by atomic mass is 9.97. The van der Waals surface area contributed by atoms with Gasteiger partial charge in [-0.3, -0.25) is 9.59 Å². The summed E-state index contributed by atoms with van der Waals surface area (Å²) in [7, 11) is 0. The molecule has 1 aliphatic heterocycles. The van der Waals surface area contributed by atoms with Gasteiger partial charge in [-0.2, -0.15) is 0 Å². The summed E-state index contributed by atoms with van der Waals surface area (Å²) in [4.78, 5) is 40.3. The molecule has 1 aromatic rings. The van der Waals surface area contributed by atoms with Crippen LogP contribution >= 0.6 is 11.6 Å². The molecule has 1 aromatic heterocycles. The second kappa shape index (κ2) is 7.22. The van der Waals surface area contributed by atoms with Gasteiger partial charge in [0.25, 0.3) is 5.91 Å². The fourth-order valence-corrected chi connectivity index (χ4v) is 2.47. The minimum atomic E-state index is -0.713. The number of hydrogen-bond acceptors (Lipinski definition) is 5. The molecule has 0 aliphatic carbocycles. The van der Waals surface area contributed by atoms with E-state index in [9.17, 15) is 14.4 Å². The molecule has 2 amide bonds. The maximum atomic E-state index is 12.0. The summed E-state index contributed by atoms with van der Waals surface area (Å²) in [5, 5.41) is 0.0201. The molecule has 0 aromatic carbocycles. The molecule has 0 unspecified atom stereocenters. The van der Waals surface area contributed by atoms with Crippen molar-refractivity contribution in [3.8, 4) is 0 Å². The number of carbonyl (C=O) groups is 3. The summed E-state index contributed by atoms with van der Waals surface area (Å²) in [5.41, 5.74) is 5.36. The highest BCUT2D eigenvalue weighted by molar-refractivity contribution is 6.32. The van der Waals surface area contributed by atoms with Crippen molar-refractivity contribution in [3.05, 3.63) is 29.0 Å². The molecule has 118 valence electrons. The molecule has 1 atom stereocenters. The molecule has 2 rings (SSSR count). The van der Waals surface area contributed by atoms with Crippen LogP contribution in [0.3, 0.4) is 0 Å². The third-order valence-electron chi connectivity index (χ3n) is 3.48. The average Bonchev–Trinajstić information content (AvgIpc) is 2.52. The van der Waals surface area contributed by atoms with Gasteiger partial charge in [0.15, 0.2) is 6.61 Å². The van der Waals surface area contributed by atoms with E-state index in [1.807, 2.05) is 0 Å². The SMILES string of the molecule is NC(=O)[C@@H]1CCCN(C(=O)COC(=O)c2cccnc2Cl)C1. The Morgan fingerprint density at radius 2 is 2.23 bits per heavy atom. The number of halogens is 1. The van der Waals surface area contributed by atoms with Crippen LogP contribution in [0.2, 0.25) is 5.15 Å². The van der Waals surface area contributed by atoms with Crippen LogP contribution < -0.4 is 5.73 Å². The van der Waals surface area contributed by atoms with Gasteiger partial charge in [-0.15, -0.1) is 0 Å². The lowest BCUT2D eigenvalue weighted by Gasteiger charge is -2.31. The van der Waals surface area contributed by atoms with Crippen molar-refractivity contribution in [3.63, 3.8) is 0 Å². The molecule has 1 saturated heterocycles. The Morgan fingerprint density at radius 1 is 1.45 bits per heavy atom. The number of aromatic nitrogens is 1. The topological polar surface area (TPSA) is 103 Å². The molecular formula is C14H16ClN3O4. The lowest BCUT2D eigenvalue weighted by molar-refractivity contribution is -0.137. The Balaban J connectivity index is 1.89. The van der Waals surface area contributed by atoms with E-state index in [-0.39, 0.29) is 29.1 Å². The minimum Gasteiger partial charge on any atom is -0.452 e. The number of primary amides is 1. The van der Waals surface area contributed by atoms with Crippen molar-refractivity contribution < 1.29 is 19.1 Å². The Morgan fingerprint density at radius 3 is 2.91 bits per heavy atom. The van der Waals surface area contributed by atoms with E-state index in [4.69, 9.17) is 22.1 Å². The van der Waals surface area contributed by atoms with Crippen LogP contribution in [0.4, 0.5) is 0 Å². The minimum absolute atomic E-state index is 0.0201. The van der Waals surface area contributed by atoms with Crippen molar-refractivity contribution in [2.45, 2.75) is 12.8 Å². The van der Waals surface area contributed by atoms with E-state index in [0.717, 1.165) is 0 Å². The largest absolute Gasteiger partial charge is 0.452 e. The molecule has 2 N–H and O–H groups in total. The van der Waals surface area contributed by atoms with Gasteiger partial charge in [0, 0.05) is 19.3 Å². The first-order chi connectivity index (χ1) is 10.5. The van der Waals surface area contributed by atoms with Gasteiger partial charge in [0.05, 0.1) is 11.5 Å². The number of esters is 1. The quantitative estimate of drug-likeness (QED) is 0.645. The molecule has 1 fully saturated rings. The molecule has 0 saturated carbocycles. The van der Waals surface area contributed by atoms with Gasteiger partial charge in [0.1, 0.15) is 5.15 Å². The van der Waals surface area contributed by atoms with Gasteiger partial charge in [-0.25, -0.2) is 9.78 Å². The molecule has 1 aliphatic rings. The summed E-state index contributed by atoms with van der Waals surface area (Å²) in [6.45, 7) is 0.378. The summed E-state index contributed by atoms with van der Waals surface area (Å²) >= 11 is 5.78. The Hall–Kier alpha value is -2.15. The molecule has 7 nitrogen and oxygen atoms in total. The maximum Gasteiger partial charge on any atom is 0.341 e. The van der Waals surface area contributed by atoms with Gasteiger partial charge in [-0.1, -0.05) is 11.6 Å². The number of piperidine rings is 1. The standard InChI is InChI=1S/C14H16ClN3O4/c15-12-10(4-1-5-17-12)14(21)22-8-11(19)18-6-2-3-9(7-18)13(16)20/h1,4-5,9H,2-3,6-8H2,(H2,16,20)/t9-/m1/s1. The van der Waals surface area contributed by atoms with E-state index >= 15 is 0 Å². The number of nitrogens with two attached hydrogens (primary N) is 1. The van der Waals surface area contributed by atoms with Crippen LogP contribution in [-0.4, -0.2) is 47.4 Å². The Bertz CT molecular complexity index is 593. The predicted octanol–water partition coefficient (Wildman–Crippen LogP) is 0.616. The van der Waals surface area contributed by atoms with E-state index in [2.05, 4.69) is 4.98 Å². The van der Waals surface area contributed by atoms with Gasteiger partial charge >= 0.3 is 5.97 Å². The third kappa shape index (κ3) is 3.94. The molecule has 0 spiro atoms. The van der Waals surface area contributed by atoms with Crippen molar-refractivity contribution >= 4 is 29.4 Å². The van der Waals surface area contributed by atoms with Crippen LogP contribution in [0.1, 0.15) is 23.2 Å². The van der Waals surface area contributed by atoms with E-state index in [1.54, 1.807) is 6.07 Å². The van der Waals surface area contributed by atoms with Crippen LogP contribution in [0.5, 0.6) is 0 Å². The summed E-state index contributed by atoms with van der Waals surface area (Å²) in [6, 6.07) is 3.01. The van der Waals surface area contributed by atoms with Crippen LogP contribution in [-0.2, 0) is 14.3 Å². The first kappa shape index (κ1) is 16.2. The maximum absolute atomic E-state index is 12.0.